The van der Waals surface area contributed by atoms with Crippen LogP contribution in [0.1, 0.15) is 52.9 Å². The van der Waals surface area contributed by atoms with Gasteiger partial charge in [0.25, 0.3) is 0 Å². The maximum atomic E-state index is 2.75. The molecule has 0 spiro atoms. The van der Waals surface area contributed by atoms with Gasteiger partial charge in [-0.2, -0.15) is 0 Å². The summed E-state index contributed by atoms with van der Waals surface area (Å²) in [7, 11) is 0. The molecule has 17 heavy (non-hydrogen) atoms. The van der Waals surface area contributed by atoms with Crippen LogP contribution in [0.15, 0.2) is 0 Å². The molecule has 2 aliphatic heterocycles. The maximum absolute atomic E-state index is 2.75. The Labute approximate surface area is 107 Å². The van der Waals surface area contributed by atoms with Crippen LogP contribution in [0, 0.1) is 5.41 Å². The van der Waals surface area contributed by atoms with Gasteiger partial charge in [0.15, 0.2) is 0 Å². The lowest BCUT2D eigenvalue weighted by Crippen LogP contribution is -2.44. The van der Waals surface area contributed by atoms with E-state index < -0.39 is 0 Å². The summed E-state index contributed by atoms with van der Waals surface area (Å²) < 4.78 is 0. The van der Waals surface area contributed by atoms with Gasteiger partial charge < -0.3 is 4.90 Å². The van der Waals surface area contributed by atoms with Crippen molar-refractivity contribution in [3.8, 4) is 0 Å². The molecular weight excluding hydrogens is 208 g/mol. The first-order valence-corrected chi connectivity index (χ1v) is 7.51. The second-order valence-corrected chi connectivity index (χ2v) is 7.15. The largest absolute Gasteiger partial charge is 0.302 e. The van der Waals surface area contributed by atoms with Crippen LogP contribution in [0.25, 0.3) is 0 Å². The Hall–Kier alpha value is -0.0800. The Morgan fingerprint density at radius 1 is 1.00 bits per heavy atom. The zero-order valence-electron chi connectivity index (χ0n) is 12.0. The highest BCUT2D eigenvalue weighted by Gasteiger charge is 2.27. The van der Waals surface area contributed by atoms with E-state index in [0.29, 0.717) is 5.41 Å². The van der Waals surface area contributed by atoms with E-state index >= 15 is 0 Å². The zero-order chi connectivity index (χ0) is 12.3. The normalized spacial score (nSPS) is 28.8. The van der Waals surface area contributed by atoms with Crippen molar-refractivity contribution in [2.75, 3.05) is 32.7 Å². The van der Waals surface area contributed by atoms with E-state index in [1.165, 1.54) is 64.8 Å². The van der Waals surface area contributed by atoms with Gasteiger partial charge in [-0.05, 0) is 57.3 Å². The van der Waals surface area contributed by atoms with Crippen molar-refractivity contribution in [1.82, 2.24) is 9.80 Å². The Morgan fingerprint density at radius 3 is 2.53 bits per heavy atom. The van der Waals surface area contributed by atoms with Crippen molar-refractivity contribution >= 4 is 0 Å². The number of rotatable bonds is 2. The van der Waals surface area contributed by atoms with Crippen LogP contribution in [0.2, 0.25) is 0 Å². The predicted molar refractivity (Wildman–Crippen MR) is 74.3 cm³/mol. The molecule has 0 radical (unpaired) electrons. The molecule has 2 heteroatoms. The lowest BCUT2D eigenvalue weighted by atomic mass is 9.92. The van der Waals surface area contributed by atoms with Crippen molar-refractivity contribution in [2.24, 2.45) is 5.41 Å². The zero-order valence-corrected chi connectivity index (χ0v) is 12.0. The third-order valence-electron chi connectivity index (χ3n) is 4.32. The molecule has 0 bridgehead atoms. The summed E-state index contributed by atoms with van der Waals surface area (Å²) in [5.74, 6) is 0. The van der Waals surface area contributed by atoms with Gasteiger partial charge in [-0.15, -0.1) is 0 Å². The van der Waals surface area contributed by atoms with Crippen LogP contribution < -0.4 is 0 Å². The van der Waals surface area contributed by atoms with Gasteiger partial charge in [0.05, 0.1) is 0 Å². The molecule has 2 heterocycles. The van der Waals surface area contributed by atoms with Gasteiger partial charge in [-0.1, -0.05) is 27.2 Å². The van der Waals surface area contributed by atoms with Gasteiger partial charge >= 0.3 is 0 Å². The molecular formula is C15H30N2. The van der Waals surface area contributed by atoms with Crippen molar-refractivity contribution in [1.29, 1.82) is 0 Å². The average Bonchev–Trinajstić information content (AvgIpc) is 2.47. The first-order valence-electron chi connectivity index (χ1n) is 7.51. The number of hydrogen-bond donors (Lipinski definition) is 0. The molecule has 0 aromatic heterocycles. The van der Waals surface area contributed by atoms with E-state index in [-0.39, 0.29) is 0 Å². The van der Waals surface area contributed by atoms with E-state index in [0.717, 1.165) is 6.04 Å². The molecule has 2 saturated heterocycles. The van der Waals surface area contributed by atoms with Crippen molar-refractivity contribution in [3.63, 3.8) is 0 Å². The highest BCUT2D eigenvalue weighted by Crippen LogP contribution is 2.23. The lowest BCUT2D eigenvalue weighted by Gasteiger charge is -2.35. The van der Waals surface area contributed by atoms with Crippen molar-refractivity contribution in [2.45, 2.75) is 58.9 Å². The minimum Gasteiger partial charge on any atom is -0.302 e. The summed E-state index contributed by atoms with van der Waals surface area (Å²) in [6, 6.07) is 0.867. The van der Waals surface area contributed by atoms with Gasteiger partial charge in [0.2, 0.25) is 0 Å². The number of hydrogen-bond acceptors (Lipinski definition) is 2. The molecule has 100 valence electrons. The van der Waals surface area contributed by atoms with Crippen LogP contribution in [0.4, 0.5) is 0 Å². The molecule has 0 aromatic carbocycles. The summed E-state index contributed by atoms with van der Waals surface area (Å²) in [5.41, 5.74) is 0.485. The smallest absolute Gasteiger partial charge is 0.0223 e. The minimum absolute atomic E-state index is 0.485. The van der Waals surface area contributed by atoms with Gasteiger partial charge in [-0.3, -0.25) is 4.90 Å². The summed E-state index contributed by atoms with van der Waals surface area (Å²) >= 11 is 0. The molecule has 1 unspecified atom stereocenters. The monoisotopic (exact) mass is 238 g/mol. The van der Waals surface area contributed by atoms with Gasteiger partial charge in [0, 0.05) is 12.6 Å². The number of nitrogens with zero attached hydrogens (tertiary/aromatic N) is 2. The fourth-order valence-electron chi connectivity index (χ4n) is 3.14. The summed E-state index contributed by atoms with van der Waals surface area (Å²) in [4.78, 5) is 5.47. The van der Waals surface area contributed by atoms with E-state index in [9.17, 15) is 0 Å². The van der Waals surface area contributed by atoms with Crippen molar-refractivity contribution in [3.05, 3.63) is 0 Å². The van der Waals surface area contributed by atoms with E-state index in [1.54, 1.807) is 0 Å². The maximum Gasteiger partial charge on any atom is 0.0223 e. The van der Waals surface area contributed by atoms with Crippen LogP contribution >= 0.6 is 0 Å². The fourth-order valence-corrected chi connectivity index (χ4v) is 3.14. The fraction of sp³-hybridized carbons (Fsp3) is 1.00. The topological polar surface area (TPSA) is 6.48 Å². The highest BCUT2D eigenvalue weighted by molar-refractivity contribution is 4.83. The molecule has 2 aliphatic rings. The highest BCUT2D eigenvalue weighted by atomic mass is 15.2. The lowest BCUT2D eigenvalue weighted by molar-refractivity contribution is 0.132. The third-order valence-corrected chi connectivity index (χ3v) is 4.32. The average molecular weight is 238 g/mol. The van der Waals surface area contributed by atoms with Crippen LogP contribution in [0.3, 0.4) is 0 Å². The first-order chi connectivity index (χ1) is 8.04. The Balaban J connectivity index is 1.83. The molecule has 2 rings (SSSR count). The second-order valence-electron chi connectivity index (χ2n) is 7.15. The third kappa shape index (κ3) is 4.26. The molecule has 0 saturated carbocycles. The minimum atomic E-state index is 0.485. The van der Waals surface area contributed by atoms with E-state index in [1.807, 2.05) is 0 Å². The molecule has 0 amide bonds. The van der Waals surface area contributed by atoms with Crippen LogP contribution in [0.5, 0.6) is 0 Å². The summed E-state index contributed by atoms with van der Waals surface area (Å²) in [6.45, 7) is 13.7. The SMILES string of the molecule is CC(C)(C)CCN1CCCN2CCCCC2C1. The number of piperidine rings is 1. The Kier molecular flexibility index (Phi) is 4.48. The van der Waals surface area contributed by atoms with E-state index in [4.69, 9.17) is 0 Å². The Morgan fingerprint density at radius 2 is 1.76 bits per heavy atom. The molecule has 2 fully saturated rings. The first kappa shape index (κ1) is 13.4. The second kappa shape index (κ2) is 5.71. The summed E-state index contributed by atoms with van der Waals surface area (Å²) in [5, 5.41) is 0. The Bertz CT molecular complexity index is 232. The molecule has 0 N–H and O–H groups in total. The van der Waals surface area contributed by atoms with Crippen LogP contribution in [-0.4, -0.2) is 48.6 Å². The standard InChI is InChI=1S/C15H30N2/c1-15(2,3)8-12-16-9-6-11-17-10-5-4-7-14(17)13-16/h14H,4-13H2,1-3H3. The molecule has 0 aromatic rings. The van der Waals surface area contributed by atoms with Gasteiger partial charge in [-0.25, -0.2) is 0 Å². The van der Waals surface area contributed by atoms with Gasteiger partial charge in [0.1, 0.15) is 0 Å². The molecule has 0 aliphatic carbocycles. The van der Waals surface area contributed by atoms with E-state index in [2.05, 4.69) is 30.6 Å². The molecule has 2 nitrogen and oxygen atoms in total. The molecule has 1 atom stereocenters. The number of fused-ring (bicyclic) bond motifs is 1. The summed E-state index contributed by atoms with van der Waals surface area (Å²) in [6.07, 6.45) is 7.03. The quantitative estimate of drug-likeness (QED) is 0.730. The predicted octanol–water partition coefficient (Wildman–Crippen LogP) is 2.98. The van der Waals surface area contributed by atoms with Crippen molar-refractivity contribution < 1.29 is 0 Å². The van der Waals surface area contributed by atoms with Crippen LogP contribution in [-0.2, 0) is 0 Å².